The fraction of sp³-hybridized carbons (Fsp3) is 0.800. The number of guanidine groups is 1. The monoisotopic (exact) mass is 311 g/mol. The van der Waals surface area contributed by atoms with Gasteiger partial charge in [0, 0.05) is 39.6 Å². The van der Waals surface area contributed by atoms with Gasteiger partial charge in [0.05, 0.1) is 0 Å². The third kappa shape index (κ3) is 6.32. The Morgan fingerprint density at radius 1 is 1.41 bits per heavy atom. The summed E-state index contributed by atoms with van der Waals surface area (Å²) in [5.41, 5.74) is 5.30. The number of nitrogens with one attached hydrogen (secondary N) is 1. The van der Waals surface area contributed by atoms with Gasteiger partial charge in [0.1, 0.15) is 6.54 Å². The molecular formula is C15H29N5O2. The molecule has 1 aliphatic heterocycles. The molecule has 0 aliphatic carbocycles. The quantitative estimate of drug-likeness (QED) is 0.553. The summed E-state index contributed by atoms with van der Waals surface area (Å²) in [4.78, 5) is 31.0. The third-order valence-corrected chi connectivity index (χ3v) is 3.59. The van der Waals surface area contributed by atoms with E-state index in [2.05, 4.69) is 15.2 Å². The van der Waals surface area contributed by atoms with E-state index in [0.717, 1.165) is 31.9 Å². The minimum absolute atomic E-state index is 0.0336. The predicted octanol–water partition coefficient (Wildman–Crippen LogP) is 0.0160. The lowest BCUT2D eigenvalue weighted by atomic mass is 9.95. The smallest absolute Gasteiger partial charge is 0.243 e. The summed E-state index contributed by atoms with van der Waals surface area (Å²) in [6.45, 7) is 5.82. The first kappa shape index (κ1) is 18.3. The normalized spacial score (nSPS) is 19.2. The number of nitrogens with two attached hydrogens (primary N) is 1. The number of carbonyl (C=O) groups excluding carboxylic acids is 2. The number of primary amides is 1. The van der Waals surface area contributed by atoms with Crippen molar-refractivity contribution in [3.8, 4) is 0 Å². The molecule has 0 aromatic heterocycles. The lowest BCUT2D eigenvalue weighted by Crippen LogP contribution is -2.49. The molecule has 0 aromatic rings. The van der Waals surface area contributed by atoms with E-state index >= 15 is 0 Å². The number of likely N-dealkylation sites (tertiary alicyclic amines) is 1. The third-order valence-electron chi connectivity index (χ3n) is 3.59. The highest BCUT2D eigenvalue weighted by molar-refractivity contribution is 5.85. The van der Waals surface area contributed by atoms with Crippen LogP contribution in [-0.2, 0) is 9.59 Å². The van der Waals surface area contributed by atoms with Gasteiger partial charge < -0.3 is 20.9 Å². The van der Waals surface area contributed by atoms with E-state index in [4.69, 9.17) is 5.73 Å². The fourth-order valence-electron chi connectivity index (χ4n) is 2.49. The maximum Gasteiger partial charge on any atom is 0.243 e. The van der Waals surface area contributed by atoms with Crippen molar-refractivity contribution in [1.29, 1.82) is 0 Å². The van der Waals surface area contributed by atoms with Crippen LogP contribution in [0.15, 0.2) is 4.99 Å². The molecule has 1 unspecified atom stereocenters. The van der Waals surface area contributed by atoms with Crippen molar-refractivity contribution in [2.45, 2.75) is 39.2 Å². The molecule has 1 rings (SSSR count). The highest BCUT2D eigenvalue weighted by atomic mass is 16.2. The lowest BCUT2D eigenvalue weighted by molar-refractivity contribution is -0.127. The number of aliphatic imine (C=N–C) groups is 1. The summed E-state index contributed by atoms with van der Waals surface area (Å²) < 4.78 is 0. The van der Waals surface area contributed by atoms with Crippen LogP contribution in [0.1, 0.15) is 33.1 Å². The Kier molecular flexibility index (Phi) is 7.14. The fourth-order valence-corrected chi connectivity index (χ4v) is 2.49. The van der Waals surface area contributed by atoms with E-state index in [1.54, 1.807) is 14.1 Å². The number of likely N-dealkylation sites (N-methyl/N-ethyl adjacent to an activating group) is 1. The largest absolute Gasteiger partial charge is 0.370 e. The van der Waals surface area contributed by atoms with E-state index in [-0.39, 0.29) is 30.3 Å². The van der Waals surface area contributed by atoms with E-state index in [9.17, 15) is 9.59 Å². The van der Waals surface area contributed by atoms with E-state index < -0.39 is 0 Å². The number of rotatable bonds is 5. The van der Waals surface area contributed by atoms with Crippen molar-refractivity contribution < 1.29 is 9.59 Å². The molecule has 1 heterocycles. The first-order chi connectivity index (χ1) is 10.3. The van der Waals surface area contributed by atoms with Gasteiger partial charge in [0.25, 0.3) is 0 Å². The van der Waals surface area contributed by atoms with Crippen LogP contribution in [-0.4, -0.2) is 67.3 Å². The molecule has 1 saturated heterocycles. The van der Waals surface area contributed by atoms with Crippen LogP contribution in [0.4, 0.5) is 0 Å². The van der Waals surface area contributed by atoms with Gasteiger partial charge in [-0.25, -0.2) is 4.99 Å². The summed E-state index contributed by atoms with van der Waals surface area (Å²) in [5.74, 6) is 0.702. The Labute approximate surface area is 132 Å². The van der Waals surface area contributed by atoms with Gasteiger partial charge in [0.15, 0.2) is 5.96 Å². The lowest BCUT2D eigenvalue weighted by Gasteiger charge is -2.35. The van der Waals surface area contributed by atoms with Gasteiger partial charge in [-0.2, -0.15) is 0 Å². The maximum absolute atomic E-state index is 11.7. The summed E-state index contributed by atoms with van der Waals surface area (Å²) >= 11 is 0. The second kappa shape index (κ2) is 8.60. The zero-order valence-corrected chi connectivity index (χ0v) is 14.1. The minimum atomic E-state index is -0.259. The van der Waals surface area contributed by atoms with Crippen LogP contribution in [0.25, 0.3) is 0 Å². The number of nitrogens with zero attached hydrogens (tertiary/aromatic N) is 3. The first-order valence-corrected chi connectivity index (χ1v) is 7.84. The summed E-state index contributed by atoms with van der Waals surface area (Å²) in [6, 6.07) is 0.227. The maximum atomic E-state index is 11.7. The second-order valence-electron chi connectivity index (χ2n) is 6.35. The van der Waals surface area contributed by atoms with Crippen molar-refractivity contribution in [2.24, 2.45) is 16.6 Å². The molecule has 3 N–H and O–H groups in total. The Bertz CT molecular complexity index is 420. The topological polar surface area (TPSA) is 91.0 Å². The summed E-state index contributed by atoms with van der Waals surface area (Å²) in [6.07, 6.45) is 2.41. The number of carbonyl (C=O) groups is 2. The van der Waals surface area contributed by atoms with Crippen molar-refractivity contribution in [3.05, 3.63) is 0 Å². The highest BCUT2D eigenvalue weighted by Crippen LogP contribution is 2.19. The van der Waals surface area contributed by atoms with Crippen LogP contribution in [0.2, 0.25) is 0 Å². The van der Waals surface area contributed by atoms with Crippen LogP contribution in [0, 0.1) is 5.92 Å². The average Bonchev–Trinajstić information content (AvgIpc) is 2.42. The molecule has 1 fully saturated rings. The zero-order chi connectivity index (χ0) is 16.7. The van der Waals surface area contributed by atoms with Crippen molar-refractivity contribution >= 4 is 17.8 Å². The van der Waals surface area contributed by atoms with Gasteiger partial charge in [-0.05, 0) is 32.6 Å². The summed E-state index contributed by atoms with van der Waals surface area (Å²) in [7, 11) is 3.44. The Morgan fingerprint density at radius 2 is 2.09 bits per heavy atom. The molecule has 1 aliphatic rings. The number of hydrogen-bond acceptors (Lipinski definition) is 3. The predicted molar refractivity (Wildman–Crippen MR) is 87.4 cm³/mol. The highest BCUT2D eigenvalue weighted by Gasteiger charge is 2.24. The minimum Gasteiger partial charge on any atom is -0.370 e. The van der Waals surface area contributed by atoms with Gasteiger partial charge in [-0.3, -0.25) is 9.59 Å². The molecule has 126 valence electrons. The number of piperidine rings is 1. The molecular weight excluding hydrogens is 282 g/mol. The van der Waals surface area contributed by atoms with Crippen molar-refractivity contribution in [1.82, 2.24) is 15.1 Å². The van der Waals surface area contributed by atoms with Gasteiger partial charge in [0.2, 0.25) is 11.8 Å². The molecule has 0 radical (unpaired) electrons. The van der Waals surface area contributed by atoms with Crippen molar-refractivity contribution in [2.75, 3.05) is 33.7 Å². The zero-order valence-electron chi connectivity index (χ0n) is 14.1. The molecule has 0 spiro atoms. The van der Waals surface area contributed by atoms with E-state index in [0.29, 0.717) is 6.42 Å². The van der Waals surface area contributed by atoms with Crippen LogP contribution >= 0.6 is 0 Å². The molecule has 7 heteroatoms. The Balaban J connectivity index is 2.75. The molecule has 0 saturated carbocycles. The van der Waals surface area contributed by atoms with E-state index in [1.807, 2.05) is 13.8 Å². The van der Waals surface area contributed by atoms with Crippen LogP contribution < -0.4 is 11.1 Å². The number of amides is 2. The molecule has 0 aromatic carbocycles. The SMILES string of the molecule is CC(C)NC(=NCC(=O)N(C)C)N1CCCC(CC(N)=O)C1. The average molecular weight is 311 g/mol. The molecule has 2 amide bonds. The Hall–Kier alpha value is -1.79. The van der Waals surface area contributed by atoms with Crippen molar-refractivity contribution in [3.63, 3.8) is 0 Å². The summed E-state index contributed by atoms with van der Waals surface area (Å²) in [5, 5.41) is 3.31. The molecule has 1 atom stereocenters. The van der Waals surface area contributed by atoms with Gasteiger partial charge in [-0.15, -0.1) is 0 Å². The molecule has 22 heavy (non-hydrogen) atoms. The van der Waals surface area contributed by atoms with Gasteiger partial charge >= 0.3 is 0 Å². The Morgan fingerprint density at radius 3 is 2.64 bits per heavy atom. The molecule has 0 bridgehead atoms. The number of hydrogen-bond donors (Lipinski definition) is 2. The van der Waals surface area contributed by atoms with Crippen LogP contribution in [0.3, 0.4) is 0 Å². The van der Waals surface area contributed by atoms with E-state index in [1.165, 1.54) is 4.90 Å². The first-order valence-electron chi connectivity index (χ1n) is 7.84. The van der Waals surface area contributed by atoms with Gasteiger partial charge in [-0.1, -0.05) is 0 Å². The second-order valence-corrected chi connectivity index (χ2v) is 6.35. The van der Waals surface area contributed by atoms with Crippen LogP contribution in [0.5, 0.6) is 0 Å². The standard InChI is InChI=1S/C15H29N5O2/c1-11(2)18-15(17-9-14(22)19(3)4)20-7-5-6-12(10-20)8-13(16)21/h11-12H,5-10H2,1-4H3,(H2,16,21)(H,17,18). The molecule has 7 nitrogen and oxygen atoms in total.